The normalized spacial score (nSPS) is 23.0. The quantitative estimate of drug-likeness (QED) is 0.830. The van der Waals surface area contributed by atoms with Crippen molar-refractivity contribution in [2.45, 2.75) is 19.1 Å². The fraction of sp³-hybridized carbons (Fsp3) is 0.583. The average Bonchev–Trinajstić information content (AvgIpc) is 2.31. The van der Waals surface area contributed by atoms with E-state index in [0.717, 1.165) is 11.1 Å². The van der Waals surface area contributed by atoms with Crippen LogP contribution in [-0.4, -0.2) is 38.0 Å². The van der Waals surface area contributed by atoms with Crippen molar-refractivity contribution >= 4 is 0 Å². The van der Waals surface area contributed by atoms with Crippen LogP contribution in [0.25, 0.3) is 0 Å². The van der Waals surface area contributed by atoms with Gasteiger partial charge in [0.2, 0.25) is 0 Å². The minimum atomic E-state index is 0.0716. The Morgan fingerprint density at radius 3 is 2.94 bits per heavy atom. The topological polar surface area (TPSA) is 43.4 Å². The van der Waals surface area contributed by atoms with Crippen molar-refractivity contribution in [1.82, 2.24) is 10.3 Å². The van der Waals surface area contributed by atoms with Crippen LogP contribution >= 0.6 is 0 Å². The number of hydrogen-bond donors (Lipinski definition) is 1. The monoisotopic (exact) mass is 222 g/mol. The highest BCUT2D eigenvalue weighted by Crippen LogP contribution is 2.21. The summed E-state index contributed by atoms with van der Waals surface area (Å²) in [6.07, 6.45) is 3.81. The number of aromatic nitrogens is 1. The lowest BCUT2D eigenvalue weighted by Gasteiger charge is -2.30. The van der Waals surface area contributed by atoms with Crippen LogP contribution in [0.2, 0.25) is 0 Å². The molecule has 2 atom stereocenters. The smallest absolute Gasteiger partial charge is 0.100 e. The first-order valence-corrected chi connectivity index (χ1v) is 5.59. The van der Waals surface area contributed by atoms with Gasteiger partial charge in [-0.3, -0.25) is 4.98 Å². The van der Waals surface area contributed by atoms with Gasteiger partial charge in [0.25, 0.3) is 0 Å². The lowest BCUT2D eigenvalue weighted by Crippen LogP contribution is -2.39. The van der Waals surface area contributed by atoms with Crippen molar-refractivity contribution in [2.24, 2.45) is 0 Å². The summed E-state index contributed by atoms with van der Waals surface area (Å²) >= 11 is 0. The van der Waals surface area contributed by atoms with Crippen LogP contribution in [0.4, 0.5) is 0 Å². The van der Waals surface area contributed by atoms with E-state index >= 15 is 0 Å². The van der Waals surface area contributed by atoms with Gasteiger partial charge in [0, 0.05) is 12.4 Å². The molecule has 16 heavy (non-hydrogen) atoms. The molecule has 88 valence electrons. The fourth-order valence-electron chi connectivity index (χ4n) is 2.01. The molecule has 0 spiro atoms. The summed E-state index contributed by atoms with van der Waals surface area (Å²) in [4.78, 5) is 4.21. The molecule has 1 aromatic rings. The molecule has 2 unspecified atom stereocenters. The largest absolute Gasteiger partial charge is 0.376 e. The van der Waals surface area contributed by atoms with Crippen molar-refractivity contribution in [3.8, 4) is 0 Å². The number of nitrogens with zero attached hydrogens (tertiary/aromatic N) is 1. The van der Waals surface area contributed by atoms with Gasteiger partial charge in [0.1, 0.15) is 6.10 Å². The van der Waals surface area contributed by atoms with E-state index < -0.39 is 0 Å². The number of rotatable bonds is 3. The van der Waals surface area contributed by atoms with Gasteiger partial charge in [0.05, 0.1) is 25.9 Å². The van der Waals surface area contributed by atoms with E-state index in [4.69, 9.17) is 9.47 Å². The molecular formula is C12H18N2O2. The van der Waals surface area contributed by atoms with E-state index in [2.05, 4.69) is 16.4 Å². The third-order valence-electron chi connectivity index (χ3n) is 2.78. The van der Waals surface area contributed by atoms with Crippen LogP contribution in [0.3, 0.4) is 0 Å². The SMILES string of the molecule is CNC(c1cncc(C)c1)C1COCCO1. The molecule has 0 amide bonds. The molecule has 0 radical (unpaired) electrons. The van der Waals surface area contributed by atoms with Gasteiger partial charge >= 0.3 is 0 Å². The lowest BCUT2D eigenvalue weighted by molar-refractivity contribution is -0.101. The van der Waals surface area contributed by atoms with Gasteiger partial charge in [-0.05, 0) is 25.1 Å². The first-order valence-electron chi connectivity index (χ1n) is 5.59. The van der Waals surface area contributed by atoms with Gasteiger partial charge in [-0.25, -0.2) is 0 Å². The molecular weight excluding hydrogens is 204 g/mol. The molecule has 1 aromatic heterocycles. The molecule has 2 heterocycles. The zero-order valence-corrected chi connectivity index (χ0v) is 9.77. The Morgan fingerprint density at radius 1 is 1.44 bits per heavy atom. The number of aryl methyl sites for hydroxylation is 1. The second-order valence-electron chi connectivity index (χ2n) is 4.05. The Kier molecular flexibility index (Phi) is 3.88. The van der Waals surface area contributed by atoms with Gasteiger partial charge in [-0.1, -0.05) is 6.07 Å². The van der Waals surface area contributed by atoms with Gasteiger partial charge in [0.15, 0.2) is 0 Å². The minimum Gasteiger partial charge on any atom is -0.376 e. The Hall–Kier alpha value is -0.970. The van der Waals surface area contributed by atoms with E-state index in [0.29, 0.717) is 19.8 Å². The molecule has 0 aromatic carbocycles. The lowest BCUT2D eigenvalue weighted by atomic mass is 10.0. The second kappa shape index (κ2) is 5.39. The molecule has 0 aliphatic carbocycles. The van der Waals surface area contributed by atoms with Crippen molar-refractivity contribution in [3.05, 3.63) is 29.6 Å². The Morgan fingerprint density at radius 2 is 2.31 bits per heavy atom. The molecule has 1 aliphatic rings. The highest BCUT2D eigenvalue weighted by atomic mass is 16.6. The molecule has 1 saturated heterocycles. The number of ether oxygens (including phenoxy) is 2. The molecule has 1 N–H and O–H groups in total. The summed E-state index contributed by atoms with van der Waals surface area (Å²) in [5.74, 6) is 0. The van der Waals surface area contributed by atoms with Crippen LogP contribution in [0.15, 0.2) is 18.5 Å². The molecule has 4 nitrogen and oxygen atoms in total. The Labute approximate surface area is 96.0 Å². The third-order valence-corrected chi connectivity index (χ3v) is 2.78. The highest BCUT2D eigenvalue weighted by Gasteiger charge is 2.25. The van der Waals surface area contributed by atoms with Crippen molar-refractivity contribution in [3.63, 3.8) is 0 Å². The maximum absolute atomic E-state index is 5.71. The molecule has 1 aliphatic heterocycles. The standard InChI is InChI=1S/C12H18N2O2/c1-9-5-10(7-14-6-9)12(13-2)11-8-15-3-4-16-11/h5-7,11-13H,3-4,8H2,1-2H3. The van der Waals surface area contributed by atoms with Crippen LogP contribution in [0.1, 0.15) is 17.2 Å². The molecule has 0 saturated carbocycles. The molecule has 4 heteroatoms. The summed E-state index contributed by atoms with van der Waals surface area (Å²) in [5, 5.41) is 3.27. The van der Waals surface area contributed by atoms with Crippen molar-refractivity contribution in [1.29, 1.82) is 0 Å². The Bertz CT molecular complexity index is 338. The van der Waals surface area contributed by atoms with Crippen molar-refractivity contribution in [2.75, 3.05) is 26.9 Å². The summed E-state index contributed by atoms with van der Waals surface area (Å²) in [6.45, 7) is 4.04. The number of likely N-dealkylation sites (N-methyl/N-ethyl adjacent to an activating group) is 1. The van der Waals surface area contributed by atoms with E-state index in [1.807, 2.05) is 26.4 Å². The van der Waals surface area contributed by atoms with Crippen LogP contribution in [0, 0.1) is 6.92 Å². The number of hydrogen-bond acceptors (Lipinski definition) is 4. The predicted molar refractivity (Wildman–Crippen MR) is 61.3 cm³/mol. The van der Waals surface area contributed by atoms with Gasteiger partial charge in [-0.15, -0.1) is 0 Å². The maximum Gasteiger partial charge on any atom is 0.100 e. The number of nitrogens with one attached hydrogen (secondary N) is 1. The maximum atomic E-state index is 5.71. The van der Waals surface area contributed by atoms with E-state index in [9.17, 15) is 0 Å². The fourth-order valence-corrected chi connectivity index (χ4v) is 2.01. The van der Waals surface area contributed by atoms with E-state index in [-0.39, 0.29) is 12.1 Å². The summed E-state index contributed by atoms with van der Waals surface area (Å²) in [5.41, 5.74) is 2.31. The highest BCUT2D eigenvalue weighted by molar-refractivity contribution is 5.21. The first-order chi connectivity index (χ1) is 7.81. The summed E-state index contributed by atoms with van der Waals surface area (Å²) < 4.78 is 11.1. The van der Waals surface area contributed by atoms with Crippen molar-refractivity contribution < 1.29 is 9.47 Å². The third kappa shape index (κ3) is 2.58. The van der Waals surface area contributed by atoms with E-state index in [1.54, 1.807) is 0 Å². The second-order valence-corrected chi connectivity index (χ2v) is 4.05. The summed E-state index contributed by atoms with van der Waals surface area (Å²) in [7, 11) is 1.94. The molecule has 0 bridgehead atoms. The predicted octanol–water partition coefficient (Wildman–Crippen LogP) is 1.07. The van der Waals surface area contributed by atoms with Gasteiger partial charge in [-0.2, -0.15) is 0 Å². The average molecular weight is 222 g/mol. The Balaban J connectivity index is 2.14. The van der Waals surface area contributed by atoms with Gasteiger partial charge < -0.3 is 14.8 Å². The summed E-state index contributed by atoms with van der Waals surface area (Å²) in [6, 6.07) is 2.28. The minimum absolute atomic E-state index is 0.0716. The number of pyridine rings is 1. The van der Waals surface area contributed by atoms with Crippen LogP contribution in [0.5, 0.6) is 0 Å². The molecule has 2 rings (SSSR count). The zero-order chi connectivity index (χ0) is 11.4. The van der Waals surface area contributed by atoms with Crippen LogP contribution < -0.4 is 5.32 Å². The molecule has 1 fully saturated rings. The van der Waals surface area contributed by atoms with E-state index in [1.165, 1.54) is 0 Å². The van der Waals surface area contributed by atoms with Crippen LogP contribution in [-0.2, 0) is 9.47 Å². The first kappa shape index (κ1) is 11.5. The zero-order valence-electron chi connectivity index (χ0n) is 9.77.